The first-order valence-corrected chi connectivity index (χ1v) is 8.50. The molecule has 2 saturated heterocycles. The molecule has 0 aromatic heterocycles. The first kappa shape index (κ1) is 19.0. The standard InChI is InChI=1S/C16H26F3N3O2/c1-3-21-9-8-15(6-4-13(21)23)12-22(11-10-20(15)2)14(24)5-7-16(17,18)19/h3-12H2,1-2H3/t15-/m1/s1. The highest BCUT2D eigenvalue weighted by Gasteiger charge is 2.43. The molecule has 0 N–H and O–H groups in total. The summed E-state index contributed by atoms with van der Waals surface area (Å²) in [5, 5.41) is 0. The van der Waals surface area contributed by atoms with Crippen molar-refractivity contribution in [2.24, 2.45) is 0 Å². The fourth-order valence-corrected chi connectivity index (χ4v) is 3.65. The van der Waals surface area contributed by atoms with Crippen LogP contribution in [0.1, 0.15) is 39.0 Å². The van der Waals surface area contributed by atoms with E-state index in [1.165, 1.54) is 0 Å². The van der Waals surface area contributed by atoms with Gasteiger partial charge in [0.15, 0.2) is 0 Å². The maximum absolute atomic E-state index is 12.4. The van der Waals surface area contributed by atoms with Gasteiger partial charge >= 0.3 is 6.18 Å². The van der Waals surface area contributed by atoms with Crippen LogP contribution in [0.2, 0.25) is 0 Å². The molecule has 1 spiro atoms. The van der Waals surface area contributed by atoms with Gasteiger partial charge in [0.2, 0.25) is 11.8 Å². The minimum atomic E-state index is -4.31. The molecule has 2 aliphatic heterocycles. The SMILES string of the molecule is CCN1CC[C@]2(CCC1=O)CN(C(=O)CCC(F)(F)F)CCN2C. The van der Waals surface area contributed by atoms with Crippen LogP contribution in [0.4, 0.5) is 13.2 Å². The Morgan fingerprint density at radius 3 is 2.54 bits per heavy atom. The molecular formula is C16H26F3N3O2. The molecule has 2 heterocycles. The summed E-state index contributed by atoms with van der Waals surface area (Å²) in [6, 6.07) is 0. The van der Waals surface area contributed by atoms with E-state index in [-0.39, 0.29) is 11.4 Å². The lowest BCUT2D eigenvalue weighted by molar-refractivity contribution is -0.152. The predicted octanol–water partition coefficient (Wildman–Crippen LogP) is 1.87. The van der Waals surface area contributed by atoms with Gasteiger partial charge in [-0.3, -0.25) is 14.5 Å². The van der Waals surface area contributed by atoms with Crippen LogP contribution in [0, 0.1) is 0 Å². The molecule has 24 heavy (non-hydrogen) atoms. The van der Waals surface area contributed by atoms with E-state index in [0.717, 1.165) is 6.42 Å². The molecule has 8 heteroatoms. The second-order valence-electron chi connectivity index (χ2n) is 6.80. The molecule has 0 aliphatic carbocycles. The molecule has 1 atom stereocenters. The van der Waals surface area contributed by atoms with Gasteiger partial charge in [0.1, 0.15) is 0 Å². The Morgan fingerprint density at radius 1 is 1.21 bits per heavy atom. The number of piperazine rings is 1. The summed E-state index contributed by atoms with van der Waals surface area (Å²) in [5.74, 6) is -0.328. The number of rotatable bonds is 3. The van der Waals surface area contributed by atoms with Gasteiger partial charge in [0.05, 0.1) is 6.42 Å². The second-order valence-corrected chi connectivity index (χ2v) is 6.80. The molecule has 2 fully saturated rings. The zero-order valence-corrected chi connectivity index (χ0v) is 14.4. The van der Waals surface area contributed by atoms with Crippen molar-refractivity contribution in [3.63, 3.8) is 0 Å². The summed E-state index contributed by atoms with van der Waals surface area (Å²) < 4.78 is 37.1. The van der Waals surface area contributed by atoms with Gasteiger partial charge in [-0.1, -0.05) is 0 Å². The Hall–Kier alpha value is -1.31. The summed E-state index contributed by atoms with van der Waals surface area (Å²) in [7, 11) is 1.98. The first-order chi connectivity index (χ1) is 11.2. The fourth-order valence-electron chi connectivity index (χ4n) is 3.65. The Morgan fingerprint density at radius 2 is 1.92 bits per heavy atom. The van der Waals surface area contributed by atoms with Crippen LogP contribution in [0.25, 0.3) is 0 Å². The van der Waals surface area contributed by atoms with E-state index in [9.17, 15) is 22.8 Å². The third-order valence-electron chi connectivity index (χ3n) is 5.36. The largest absolute Gasteiger partial charge is 0.389 e. The summed E-state index contributed by atoms with van der Waals surface area (Å²) in [6.07, 6.45) is -4.08. The van der Waals surface area contributed by atoms with Crippen molar-refractivity contribution in [3.05, 3.63) is 0 Å². The van der Waals surface area contributed by atoms with E-state index in [2.05, 4.69) is 4.90 Å². The van der Waals surface area contributed by atoms with Crippen LogP contribution >= 0.6 is 0 Å². The average Bonchev–Trinajstić information content (AvgIpc) is 2.67. The molecule has 2 rings (SSSR count). The lowest BCUT2D eigenvalue weighted by Gasteiger charge is -2.49. The Labute approximate surface area is 140 Å². The lowest BCUT2D eigenvalue weighted by atomic mass is 9.86. The number of likely N-dealkylation sites (N-methyl/N-ethyl adjacent to an activating group) is 1. The van der Waals surface area contributed by atoms with Crippen LogP contribution in [0.3, 0.4) is 0 Å². The van der Waals surface area contributed by atoms with E-state index in [1.807, 2.05) is 18.9 Å². The van der Waals surface area contributed by atoms with Gasteiger partial charge in [-0.05, 0) is 26.8 Å². The molecule has 2 amide bonds. The predicted molar refractivity (Wildman–Crippen MR) is 83.3 cm³/mol. The maximum Gasteiger partial charge on any atom is 0.389 e. The fraction of sp³-hybridized carbons (Fsp3) is 0.875. The zero-order chi connectivity index (χ0) is 18.0. The molecule has 2 aliphatic rings. The van der Waals surface area contributed by atoms with Crippen molar-refractivity contribution < 1.29 is 22.8 Å². The number of hydrogen-bond acceptors (Lipinski definition) is 3. The van der Waals surface area contributed by atoms with E-state index >= 15 is 0 Å². The number of amides is 2. The van der Waals surface area contributed by atoms with Gasteiger partial charge in [0, 0.05) is 51.1 Å². The van der Waals surface area contributed by atoms with Crippen LogP contribution in [-0.4, -0.2) is 78.0 Å². The van der Waals surface area contributed by atoms with Crippen molar-refractivity contribution >= 4 is 11.8 Å². The number of nitrogens with zero attached hydrogens (tertiary/aromatic N) is 3. The van der Waals surface area contributed by atoms with E-state index in [4.69, 9.17) is 0 Å². The van der Waals surface area contributed by atoms with Crippen LogP contribution in [-0.2, 0) is 9.59 Å². The third kappa shape index (κ3) is 4.40. The number of halogens is 3. The number of alkyl halides is 3. The topological polar surface area (TPSA) is 43.9 Å². The molecule has 0 aromatic carbocycles. The third-order valence-corrected chi connectivity index (χ3v) is 5.36. The van der Waals surface area contributed by atoms with Gasteiger partial charge in [-0.15, -0.1) is 0 Å². The van der Waals surface area contributed by atoms with Gasteiger partial charge in [-0.25, -0.2) is 0 Å². The summed E-state index contributed by atoms with van der Waals surface area (Å²) >= 11 is 0. The molecule has 0 saturated carbocycles. The Kier molecular flexibility index (Phi) is 5.78. The smallest absolute Gasteiger partial charge is 0.343 e. The Bertz CT molecular complexity index is 484. The number of carbonyl (C=O) groups excluding carboxylic acids is 2. The van der Waals surface area contributed by atoms with Crippen molar-refractivity contribution in [2.75, 3.05) is 39.8 Å². The van der Waals surface area contributed by atoms with Crippen LogP contribution in [0.5, 0.6) is 0 Å². The summed E-state index contributed by atoms with van der Waals surface area (Å²) in [5.41, 5.74) is -0.314. The van der Waals surface area contributed by atoms with Crippen molar-refractivity contribution in [1.82, 2.24) is 14.7 Å². The van der Waals surface area contributed by atoms with Crippen LogP contribution < -0.4 is 0 Å². The Balaban J connectivity index is 2.04. The monoisotopic (exact) mass is 349 g/mol. The van der Waals surface area contributed by atoms with Gasteiger partial charge < -0.3 is 9.80 Å². The lowest BCUT2D eigenvalue weighted by Crippen LogP contribution is -2.62. The summed E-state index contributed by atoms with van der Waals surface area (Å²) in [4.78, 5) is 29.8. The highest BCUT2D eigenvalue weighted by atomic mass is 19.4. The first-order valence-electron chi connectivity index (χ1n) is 8.50. The maximum atomic E-state index is 12.4. The number of hydrogen-bond donors (Lipinski definition) is 0. The van der Waals surface area contributed by atoms with E-state index in [1.54, 1.807) is 4.90 Å². The number of carbonyl (C=O) groups is 2. The van der Waals surface area contributed by atoms with Gasteiger partial charge in [0.25, 0.3) is 0 Å². The second kappa shape index (κ2) is 7.29. The van der Waals surface area contributed by atoms with Crippen molar-refractivity contribution in [2.45, 2.75) is 50.7 Å². The minimum absolute atomic E-state index is 0.114. The molecular weight excluding hydrogens is 323 g/mol. The van der Waals surface area contributed by atoms with Crippen molar-refractivity contribution in [3.8, 4) is 0 Å². The van der Waals surface area contributed by atoms with E-state index < -0.39 is 24.9 Å². The molecule has 0 aromatic rings. The van der Waals surface area contributed by atoms with E-state index in [0.29, 0.717) is 45.6 Å². The van der Waals surface area contributed by atoms with Gasteiger partial charge in [-0.2, -0.15) is 13.2 Å². The quantitative estimate of drug-likeness (QED) is 0.781. The average molecular weight is 349 g/mol. The molecule has 0 bridgehead atoms. The zero-order valence-electron chi connectivity index (χ0n) is 14.4. The molecule has 0 unspecified atom stereocenters. The van der Waals surface area contributed by atoms with Crippen molar-refractivity contribution in [1.29, 1.82) is 0 Å². The number of likely N-dealkylation sites (tertiary alicyclic amines) is 1. The highest BCUT2D eigenvalue weighted by molar-refractivity contribution is 5.77. The molecule has 138 valence electrons. The minimum Gasteiger partial charge on any atom is -0.343 e. The summed E-state index contributed by atoms with van der Waals surface area (Å²) in [6.45, 7) is 4.70. The van der Waals surface area contributed by atoms with Crippen LogP contribution in [0.15, 0.2) is 0 Å². The molecule has 5 nitrogen and oxygen atoms in total. The highest BCUT2D eigenvalue weighted by Crippen LogP contribution is 2.32. The molecule has 0 radical (unpaired) electrons. The normalized spacial score (nSPS) is 26.8.